The lowest BCUT2D eigenvalue weighted by molar-refractivity contribution is -0.116. The molecule has 144 valence electrons. The minimum atomic E-state index is -0.240. The zero-order valence-corrected chi connectivity index (χ0v) is 15.3. The average molecular weight is 388 g/mol. The first-order valence-corrected chi connectivity index (χ1v) is 9.05. The summed E-state index contributed by atoms with van der Waals surface area (Å²) in [5, 5.41) is 7.75. The van der Waals surface area contributed by atoms with Gasteiger partial charge in [0.05, 0.1) is 6.54 Å². The molecular weight excluding hydrogens is 372 g/mol. The number of para-hydroxylation sites is 1. The van der Waals surface area contributed by atoms with Crippen LogP contribution in [0.1, 0.15) is 11.3 Å². The maximum Gasteiger partial charge on any atom is 0.244 e. The fraction of sp³-hybridized carbons (Fsp3) is 0.0909. The highest BCUT2D eigenvalue weighted by molar-refractivity contribution is 5.91. The van der Waals surface area contributed by atoms with Gasteiger partial charge in [-0.2, -0.15) is 0 Å². The van der Waals surface area contributed by atoms with Gasteiger partial charge in [-0.1, -0.05) is 29.4 Å². The summed E-state index contributed by atoms with van der Waals surface area (Å²) in [7, 11) is 0. The number of furan rings is 1. The summed E-state index contributed by atoms with van der Waals surface area (Å²) in [6.45, 7) is 0.463. The van der Waals surface area contributed by atoms with Gasteiger partial charge in [-0.05, 0) is 35.9 Å². The van der Waals surface area contributed by atoms with Crippen molar-refractivity contribution < 1.29 is 23.2 Å². The predicted octanol–water partition coefficient (Wildman–Crippen LogP) is 4.15. The summed E-state index contributed by atoms with van der Waals surface area (Å²) in [6.07, 6.45) is 3.16. The van der Waals surface area contributed by atoms with Crippen molar-refractivity contribution in [2.24, 2.45) is 0 Å². The van der Waals surface area contributed by atoms with E-state index in [2.05, 4.69) is 10.5 Å². The second kappa shape index (κ2) is 7.20. The molecule has 0 radical (unpaired) electrons. The van der Waals surface area contributed by atoms with Gasteiger partial charge in [0.25, 0.3) is 0 Å². The zero-order valence-electron chi connectivity index (χ0n) is 15.3. The number of hydrogen-bond acceptors (Lipinski definition) is 6. The molecule has 0 aliphatic carbocycles. The molecule has 5 rings (SSSR count). The van der Waals surface area contributed by atoms with Crippen LogP contribution >= 0.6 is 0 Å². The first-order chi connectivity index (χ1) is 14.2. The highest BCUT2D eigenvalue weighted by Crippen LogP contribution is 2.32. The van der Waals surface area contributed by atoms with E-state index in [1.807, 2.05) is 48.5 Å². The van der Waals surface area contributed by atoms with Crippen LogP contribution in [0.15, 0.2) is 69.6 Å². The Morgan fingerprint density at radius 3 is 2.86 bits per heavy atom. The summed E-state index contributed by atoms with van der Waals surface area (Å²) in [6, 6.07) is 16.8. The van der Waals surface area contributed by atoms with Gasteiger partial charge in [-0.25, -0.2) is 0 Å². The van der Waals surface area contributed by atoms with Crippen molar-refractivity contribution in [3.05, 3.63) is 71.9 Å². The minimum Gasteiger partial charge on any atom is -0.454 e. The van der Waals surface area contributed by atoms with Gasteiger partial charge < -0.3 is 23.7 Å². The van der Waals surface area contributed by atoms with Crippen LogP contribution < -0.4 is 14.8 Å². The molecule has 1 amide bonds. The average Bonchev–Trinajstić information content (AvgIpc) is 3.48. The van der Waals surface area contributed by atoms with Crippen LogP contribution in [0.4, 0.5) is 0 Å². The van der Waals surface area contributed by atoms with Gasteiger partial charge in [0.1, 0.15) is 11.3 Å². The van der Waals surface area contributed by atoms with Gasteiger partial charge in [-0.15, -0.1) is 0 Å². The Morgan fingerprint density at radius 2 is 1.93 bits per heavy atom. The lowest BCUT2D eigenvalue weighted by atomic mass is 10.2. The number of fused-ring (bicyclic) bond motifs is 2. The Bertz CT molecular complexity index is 1190. The standard InChI is InChI=1S/C22H16N2O5/c25-22(8-6-14-5-7-18-19(9-14)27-13-26-18)23-12-16-11-21(29-24-16)20-10-15-3-1-2-4-17(15)28-20/h1-11H,12-13H2,(H,23,25)/b8-6-. The van der Waals surface area contributed by atoms with E-state index in [1.165, 1.54) is 6.08 Å². The van der Waals surface area contributed by atoms with Gasteiger partial charge in [0.15, 0.2) is 17.3 Å². The normalized spacial score (nSPS) is 12.7. The molecule has 0 spiro atoms. The van der Waals surface area contributed by atoms with E-state index in [0.29, 0.717) is 28.7 Å². The Kier molecular flexibility index (Phi) is 4.25. The number of hydrogen-bond donors (Lipinski definition) is 1. The lowest BCUT2D eigenvalue weighted by Crippen LogP contribution is -2.20. The van der Waals surface area contributed by atoms with Crippen LogP contribution in [0.5, 0.6) is 11.5 Å². The number of nitrogens with one attached hydrogen (secondary N) is 1. The van der Waals surface area contributed by atoms with Crippen molar-refractivity contribution in [3.63, 3.8) is 0 Å². The quantitative estimate of drug-likeness (QED) is 0.517. The van der Waals surface area contributed by atoms with Crippen molar-refractivity contribution in [2.75, 3.05) is 6.79 Å². The molecule has 2 aromatic heterocycles. The third-order valence-corrected chi connectivity index (χ3v) is 4.49. The molecule has 0 saturated carbocycles. The topological polar surface area (TPSA) is 86.7 Å². The van der Waals surface area contributed by atoms with Gasteiger partial charge in [0.2, 0.25) is 18.5 Å². The van der Waals surface area contributed by atoms with Crippen LogP contribution in [-0.4, -0.2) is 17.9 Å². The number of rotatable bonds is 5. The number of amides is 1. The van der Waals surface area contributed by atoms with Gasteiger partial charge in [-0.3, -0.25) is 4.79 Å². The SMILES string of the molecule is O=C(/C=C\c1ccc2c(c1)OCO2)NCc1cc(-c2cc3ccccc3o2)on1. The second-order valence-corrected chi connectivity index (χ2v) is 6.49. The maximum atomic E-state index is 12.1. The van der Waals surface area contributed by atoms with Crippen LogP contribution in [-0.2, 0) is 11.3 Å². The minimum absolute atomic E-state index is 0.219. The lowest BCUT2D eigenvalue weighted by Gasteiger charge is -1.99. The molecule has 1 aliphatic rings. The summed E-state index contributed by atoms with van der Waals surface area (Å²) in [4.78, 5) is 12.1. The number of nitrogens with zero attached hydrogens (tertiary/aromatic N) is 1. The van der Waals surface area contributed by atoms with E-state index >= 15 is 0 Å². The number of carbonyl (C=O) groups excluding carboxylic acids is 1. The summed E-state index contributed by atoms with van der Waals surface area (Å²) >= 11 is 0. The van der Waals surface area contributed by atoms with Crippen LogP contribution in [0.25, 0.3) is 28.6 Å². The van der Waals surface area contributed by atoms with E-state index in [-0.39, 0.29) is 19.2 Å². The molecule has 7 heteroatoms. The van der Waals surface area contributed by atoms with Crippen molar-refractivity contribution in [3.8, 4) is 23.0 Å². The monoisotopic (exact) mass is 388 g/mol. The zero-order chi connectivity index (χ0) is 19.6. The van der Waals surface area contributed by atoms with Crippen molar-refractivity contribution >= 4 is 23.0 Å². The third-order valence-electron chi connectivity index (χ3n) is 4.49. The van der Waals surface area contributed by atoms with E-state index in [0.717, 1.165) is 16.5 Å². The van der Waals surface area contributed by atoms with Gasteiger partial charge >= 0.3 is 0 Å². The Balaban J connectivity index is 1.21. The van der Waals surface area contributed by atoms with Crippen molar-refractivity contribution in [1.82, 2.24) is 10.5 Å². The molecular formula is C22H16N2O5. The molecule has 0 unspecified atom stereocenters. The molecule has 3 heterocycles. The smallest absolute Gasteiger partial charge is 0.244 e. The first kappa shape index (κ1) is 17.1. The molecule has 1 aliphatic heterocycles. The summed E-state index contributed by atoms with van der Waals surface area (Å²) in [5.41, 5.74) is 2.23. The van der Waals surface area contributed by atoms with Gasteiger partial charge in [0, 0.05) is 17.5 Å². The van der Waals surface area contributed by atoms with Crippen LogP contribution in [0.2, 0.25) is 0 Å². The van der Waals surface area contributed by atoms with Crippen molar-refractivity contribution in [1.29, 1.82) is 0 Å². The molecule has 1 N–H and O–H groups in total. The number of ether oxygens (including phenoxy) is 2. The molecule has 0 fully saturated rings. The molecule has 2 aromatic carbocycles. The van der Waals surface area contributed by atoms with E-state index in [4.69, 9.17) is 18.4 Å². The second-order valence-electron chi connectivity index (χ2n) is 6.49. The first-order valence-electron chi connectivity index (χ1n) is 9.05. The molecule has 0 saturated heterocycles. The summed E-state index contributed by atoms with van der Waals surface area (Å²) in [5.74, 6) is 2.25. The van der Waals surface area contributed by atoms with E-state index in [9.17, 15) is 4.79 Å². The van der Waals surface area contributed by atoms with Crippen molar-refractivity contribution in [2.45, 2.75) is 6.54 Å². The fourth-order valence-corrected chi connectivity index (χ4v) is 3.04. The predicted molar refractivity (Wildman–Crippen MR) is 105 cm³/mol. The number of benzene rings is 2. The van der Waals surface area contributed by atoms with Crippen LogP contribution in [0, 0.1) is 0 Å². The fourth-order valence-electron chi connectivity index (χ4n) is 3.04. The van der Waals surface area contributed by atoms with Crippen LogP contribution in [0.3, 0.4) is 0 Å². The third kappa shape index (κ3) is 3.58. The summed E-state index contributed by atoms with van der Waals surface area (Å²) < 4.78 is 21.7. The maximum absolute atomic E-state index is 12.1. The molecule has 4 aromatic rings. The molecule has 29 heavy (non-hydrogen) atoms. The Labute approximate surface area is 165 Å². The molecule has 7 nitrogen and oxygen atoms in total. The molecule has 0 atom stereocenters. The van der Waals surface area contributed by atoms with E-state index in [1.54, 1.807) is 12.1 Å². The highest BCUT2D eigenvalue weighted by atomic mass is 16.7. The van der Waals surface area contributed by atoms with E-state index < -0.39 is 0 Å². The highest BCUT2D eigenvalue weighted by Gasteiger charge is 2.13. The largest absolute Gasteiger partial charge is 0.454 e. The number of aromatic nitrogens is 1. The number of carbonyl (C=O) groups is 1. The Morgan fingerprint density at radius 1 is 1.03 bits per heavy atom. The Hall–Kier alpha value is -4.00. The molecule has 0 bridgehead atoms.